The van der Waals surface area contributed by atoms with Crippen molar-refractivity contribution in [1.29, 1.82) is 0 Å². The van der Waals surface area contributed by atoms with Crippen LogP contribution in [0.15, 0.2) is 0 Å². The van der Waals surface area contributed by atoms with E-state index in [2.05, 4.69) is 10.6 Å². The highest BCUT2D eigenvalue weighted by atomic mass is 16.4. The van der Waals surface area contributed by atoms with Gasteiger partial charge in [-0.1, -0.05) is 20.8 Å². The minimum Gasteiger partial charge on any atom is -0.480 e. The van der Waals surface area contributed by atoms with Gasteiger partial charge in [-0.3, -0.25) is 9.59 Å². The third-order valence-corrected chi connectivity index (χ3v) is 2.38. The normalized spacial score (nSPS) is 14.4. The molecule has 2 unspecified atom stereocenters. The maximum atomic E-state index is 11.5. The van der Waals surface area contributed by atoms with Crippen molar-refractivity contribution in [2.75, 3.05) is 6.54 Å². The van der Waals surface area contributed by atoms with E-state index in [1.54, 1.807) is 20.8 Å². The lowest BCUT2D eigenvalue weighted by atomic mass is 9.96. The number of carbonyl (C=O) groups excluding carboxylic acids is 2. The summed E-state index contributed by atoms with van der Waals surface area (Å²) in [6.45, 7) is 6.64. The molecule has 0 spiro atoms. The first-order chi connectivity index (χ1) is 8.55. The Kier molecular flexibility index (Phi) is 6.47. The second-order valence-electron chi connectivity index (χ2n) is 5.38. The fraction of sp³-hybridized carbons (Fsp3) is 0.750. The molecule has 0 radical (unpaired) electrons. The van der Waals surface area contributed by atoms with Gasteiger partial charge < -0.3 is 20.8 Å². The first kappa shape index (κ1) is 17.4. The van der Waals surface area contributed by atoms with Gasteiger partial charge in [-0.2, -0.15) is 0 Å². The fourth-order valence-corrected chi connectivity index (χ4v) is 1.19. The monoisotopic (exact) mass is 274 g/mol. The minimum atomic E-state index is -1.34. The molecule has 0 aromatic heterocycles. The third-order valence-electron chi connectivity index (χ3n) is 2.38. The fourth-order valence-electron chi connectivity index (χ4n) is 1.19. The SMILES string of the molecule is CC(O)C(NC(=O)CCNC(=O)C(C)(C)C)C(=O)O. The lowest BCUT2D eigenvalue weighted by Gasteiger charge is -2.19. The van der Waals surface area contributed by atoms with E-state index in [1.807, 2.05) is 0 Å². The van der Waals surface area contributed by atoms with Crippen LogP contribution < -0.4 is 10.6 Å². The quantitative estimate of drug-likeness (QED) is 0.520. The summed E-state index contributed by atoms with van der Waals surface area (Å²) >= 11 is 0. The number of carbonyl (C=O) groups is 3. The Hall–Kier alpha value is -1.63. The topological polar surface area (TPSA) is 116 Å². The molecule has 0 rings (SSSR count). The number of aliphatic carboxylic acids is 1. The minimum absolute atomic E-state index is 0.0433. The average molecular weight is 274 g/mol. The molecule has 19 heavy (non-hydrogen) atoms. The molecule has 2 amide bonds. The summed E-state index contributed by atoms with van der Waals surface area (Å²) in [5, 5.41) is 22.7. The number of aliphatic hydroxyl groups is 1. The molecule has 0 bridgehead atoms. The number of carboxylic acids is 1. The zero-order valence-corrected chi connectivity index (χ0v) is 11.7. The van der Waals surface area contributed by atoms with E-state index in [9.17, 15) is 19.5 Å². The largest absolute Gasteiger partial charge is 0.480 e. The van der Waals surface area contributed by atoms with Crippen molar-refractivity contribution in [2.24, 2.45) is 5.41 Å². The Morgan fingerprint density at radius 3 is 2.11 bits per heavy atom. The van der Waals surface area contributed by atoms with E-state index in [0.29, 0.717) is 0 Å². The molecular weight excluding hydrogens is 252 g/mol. The average Bonchev–Trinajstić information content (AvgIpc) is 2.23. The number of hydrogen-bond acceptors (Lipinski definition) is 4. The van der Waals surface area contributed by atoms with Crippen molar-refractivity contribution >= 4 is 17.8 Å². The Bertz CT molecular complexity index is 347. The third kappa shape index (κ3) is 6.76. The smallest absolute Gasteiger partial charge is 0.328 e. The molecule has 7 heteroatoms. The number of aliphatic hydroxyl groups excluding tert-OH is 1. The summed E-state index contributed by atoms with van der Waals surface area (Å²) < 4.78 is 0. The van der Waals surface area contributed by atoms with E-state index in [-0.39, 0.29) is 18.9 Å². The lowest BCUT2D eigenvalue weighted by molar-refractivity contribution is -0.144. The second-order valence-corrected chi connectivity index (χ2v) is 5.38. The van der Waals surface area contributed by atoms with Gasteiger partial charge in [0.25, 0.3) is 0 Å². The molecule has 2 atom stereocenters. The van der Waals surface area contributed by atoms with Gasteiger partial charge in [-0.25, -0.2) is 4.79 Å². The summed E-state index contributed by atoms with van der Waals surface area (Å²) in [6.07, 6.45) is -1.23. The van der Waals surface area contributed by atoms with E-state index in [1.165, 1.54) is 6.92 Å². The van der Waals surface area contributed by atoms with Gasteiger partial charge in [0.2, 0.25) is 11.8 Å². The van der Waals surface area contributed by atoms with Gasteiger partial charge in [-0.05, 0) is 6.92 Å². The predicted molar refractivity (Wildman–Crippen MR) is 68.3 cm³/mol. The Morgan fingerprint density at radius 2 is 1.74 bits per heavy atom. The van der Waals surface area contributed by atoms with E-state index in [0.717, 1.165) is 0 Å². The first-order valence-corrected chi connectivity index (χ1v) is 6.04. The molecule has 110 valence electrons. The maximum absolute atomic E-state index is 11.5. The van der Waals surface area contributed by atoms with Crippen LogP contribution in [-0.4, -0.2) is 46.7 Å². The van der Waals surface area contributed by atoms with E-state index in [4.69, 9.17) is 5.11 Å². The van der Waals surface area contributed by atoms with Crippen LogP contribution >= 0.6 is 0 Å². The zero-order chi connectivity index (χ0) is 15.2. The van der Waals surface area contributed by atoms with Crippen LogP contribution in [0, 0.1) is 5.41 Å². The van der Waals surface area contributed by atoms with Gasteiger partial charge in [0, 0.05) is 18.4 Å². The van der Waals surface area contributed by atoms with Crippen molar-refractivity contribution in [3.63, 3.8) is 0 Å². The highest BCUT2D eigenvalue weighted by molar-refractivity contribution is 5.85. The van der Waals surface area contributed by atoms with Crippen LogP contribution in [0.5, 0.6) is 0 Å². The molecule has 0 aromatic carbocycles. The van der Waals surface area contributed by atoms with Crippen molar-refractivity contribution < 1.29 is 24.6 Å². The Morgan fingerprint density at radius 1 is 1.21 bits per heavy atom. The summed E-state index contributed by atoms with van der Waals surface area (Å²) in [7, 11) is 0. The van der Waals surface area contributed by atoms with Gasteiger partial charge in [0.1, 0.15) is 0 Å². The maximum Gasteiger partial charge on any atom is 0.328 e. The molecule has 0 aliphatic rings. The van der Waals surface area contributed by atoms with E-state index < -0.39 is 29.4 Å². The summed E-state index contributed by atoms with van der Waals surface area (Å²) in [5.41, 5.74) is -0.542. The Balaban J connectivity index is 4.13. The predicted octanol–water partition coefficient (Wildman–Crippen LogP) is -0.511. The summed E-state index contributed by atoms with van der Waals surface area (Å²) in [6, 6.07) is -1.34. The van der Waals surface area contributed by atoms with Crippen LogP contribution in [0.2, 0.25) is 0 Å². The van der Waals surface area contributed by atoms with Crippen molar-refractivity contribution in [2.45, 2.75) is 46.3 Å². The number of amides is 2. The Labute approximate surface area is 112 Å². The van der Waals surface area contributed by atoms with Crippen molar-refractivity contribution in [3.8, 4) is 0 Å². The highest BCUT2D eigenvalue weighted by Gasteiger charge is 2.25. The zero-order valence-electron chi connectivity index (χ0n) is 11.7. The first-order valence-electron chi connectivity index (χ1n) is 6.04. The summed E-state index contributed by atoms with van der Waals surface area (Å²) in [4.78, 5) is 33.7. The van der Waals surface area contributed by atoms with Crippen LogP contribution in [0.4, 0.5) is 0 Å². The standard InChI is InChI=1S/C12H22N2O5/c1-7(15)9(10(17)18)14-8(16)5-6-13-11(19)12(2,3)4/h7,9,15H,5-6H2,1-4H3,(H,13,19)(H,14,16)(H,17,18). The molecule has 0 fully saturated rings. The lowest BCUT2D eigenvalue weighted by Crippen LogP contribution is -2.48. The van der Waals surface area contributed by atoms with Crippen LogP contribution in [0.25, 0.3) is 0 Å². The summed E-state index contributed by atoms with van der Waals surface area (Å²) in [5.74, 6) is -2.03. The van der Waals surface area contributed by atoms with Gasteiger partial charge in [0.05, 0.1) is 6.10 Å². The molecule has 0 aromatic rings. The number of carboxylic acid groups (broad SMARTS) is 1. The molecule has 7 nitrogen and oxygen atoms in total. The van der Waals surface area contributed by atoms with Gasteiger partial charge in [0.15, 0.2) is 6.04 Å². The van der Waals surface area contributed by atoms with Gasteiger partial charge in [-0.15, -0.1) is 0 Å². The molecular formula is C12H22N2O5. The molecule has 4 N–H and O–H groups in total. The van der Waals surface area contributed by atoms with Crippen LogP contribution in [-0.2, 0) is 14.4 Å². The molecule has 0 saturated carbocycles. The molecule has 0 aliphatic heterocycles. The van der Waals surface area contributed by atoms with E-state index >= 15 is 0 Å². The number of nitrogens with one attached hydrogen (secondary N) is 2. The molecule has 0 aliphatic carbocycles. The van der Waals surface area contributed by atoms with Crippen LogP contribution in [0.1, 0.15) is 34.1 Å². The molecule has 0 saturated heterocycles. The number of hydrogen-bond donors (Lipinski definition) is 4. The van der Waals surface area contributed by atoms with Crippen molar-refractivity contribution in [3.05, 3.63) is 0 Å². The van der Waals surface area contributed by atoms with Gasteiger partial charge >= 0.3 is 5.97 Å². The molecule has 0 heterocycles. The highest BCUT2D eigenvalue weighted by Crippen LogP contribution is 2.12. The van der Waals surface area contributed by atoms with Crippen LogP contribution in [0.3, 0.4) is 0 Å². The van der Waals surface area contributed by atoms with Crippen molar-refractivity contribution in [1.82, 2.24) is 10.6 Å². The number of rotatable bonds is 6. The second kappa shape index (κ2) is 7.08.